The minimum atomic E-state index is -4.55. The highest BCUT2D eigenvalue weighted by atomic mass is 35.5. The molecule has 3 aromatic rings. The molecule has 1 aliphatic heterocycles. The van der Waals surface area contributed by atoms with Crippen LogP contribution < -0.4 is 15.0 Å². The normalized spacial score (nSPS) is 15.1. The number of ether oxygens (including phenoxy) is 1. The highest BCUT2D eigenvalue weighted by molar-refractivity contribution is 7.80. The molecule has 188 valence electrons. The second-order valence-electron chi connectivity index (χ2n) is 7.54. The van der Waals surface area contributed by atoms with Crippen molar-refractivity contribution in [2.45, 2.75) is 6.18 Å². The first kappa shape index (κ1) is 25.8. The van der Waals surface area contributed by atoms with E-state index in [1.807, 2.05) is 0 Å². The number of halogens is 4. The van der Waals surface area contributed by atoms with Gasteiger partial charge >= 0.3 is 6.18 Å². The Morgan fingerprint density at radius 3 is 2.27 bits per heavy atom. The van der Waals surface area contributed by atoms with Gasteiger partial charge in [-0.1, -0.05) is 11.6 Å². The molecule has 8 nitrogen and oxygen atoms in total. The molecular formula is C24H13ClF3N3O5S. The van der Waals surface area contributed by atoms with Gasteiger partial charge in [-0.2, -0.15) is 13.2 Å². The van der Waals surface area contributed by atoms with Gasteiger partial charge in [0.1, 0.15) is 17.1 Å². The number of nitrogens with one attached hydrogen (secondary N) is 1. The number of nitrogens with zero attached hydrogens (tertiary/aromatic N) is 2. The summed E-state index contributed by atoms with van der Waals surface area (Å²) in [5.74, 6) is -1.73. The molecule has 0 spiro atoms. The molecule has 1 aliphatic rings. The average Bonchev–Trinajstić information content (AvgIpc) is 2.83. The third kappa shape index (κ3) is 5.60. The van der Waals surface area contributed by atoms with E-state index in [2.05, 4.69) is 5.32 Å². The van der Waals surface area contributed by atoms with Crippen molar-refractivity contribution in [3.05, 3.63) is 98.6 Å². The highest BCUT2D eigenvalue weighted by Crippen LogP contribution is 2.34. The fourth-order valence-electron chi connectivity index (χ4n) is 3.33. The summed E-state index contributed by atoms with van der Waals surface area (Å²) in [6, 6.07) is 13.2. The summed E-state index contributed by atoms with van der Waals surface area (Å²) in [5, 5.41) is 13.9. The van der Waals surface area contributed by atoms with Gasteiger partial charge in [0, 0.05) is 22.7 Å². The minimum Gasteiger partial charge on any atom is -0.457 e. The van der Waals surface area contributed by atoms with E-state index in [-0.39, 0.29) is 27.9 Å². The van der Waals surface area contributed by atoms with E-state index in [1.165, 1.54) is 30.3 Å². The third-order valence-electron chi connectivity index (χ3n) is 5.10. The molecule has 0 aliphatic carbocycles. The van der Waals surface area contributed by atoms with Crippen LogP contribution in [0.15, 0.2) is 72.3 Å². The van der Waals surface area contributed by atoms with Crippen molar-refractivity contribution in [2.75, 3.05) is 4.90 Å². The van der Waals surface area contributed by atoms with Gasteiger partial charge in [-0.25, -0.2) is 0 Å². The van der Waals surface area contributed by atoms with Crippen LogP contribution in [-0.2, 0) is 15.8 Å². The van der Waals surface area contributed by atoms with Crippen molar-refractivity contribution < 1.29 is 32.4 Å². The zero-order chi connectivity index (χ0) is 26.9. The lowest BCUT2D eigenvalue weighted by Gasteiger charge is -2.29. The quantitative estimate of drug-likeness (QED) is 0.140. The van der Waals surface area contributed by atoms with Crippen LogP contribution in [0.3, 0.4) is 0 Å². The topological polar surface area (TPSA) is 102 Å². The number of carbonyl (C=O) groups is 2. The largest absolute Gasteiger partial charge is 0.457 e. The monoisotopic (exact) mass is 547 g/mol. The Labute approximate surface area is 217 Å². The molecular weight excluding hydrogens is 535 g/mol. The molecule has 0 aromatic heterocycles. The molecule has 0 radical (unpaired) electrons. The number of rotatable bonds is 5. The molecule has 0 bridgehead atoms. The van der Waals surface area contributed by atoms with Crippen LogP contribution >= 0.6 is 23.8 Å². The molecule has 0 unspecified atom stereocenters. The number of non-ortho nitro benzene ring substituents is 1. The Bertz CT molecular complexity index is 1460. The Morgan fingerprint density at radius 1 is 1.03 bits per heavy atom. The lowest BCUT2D eigenvalue weighted by molar-refractivity contribution is -0.384. The molecule has 0 saturated carbocycles. The average molecular weight is 548 g/mol. The number of benzene rings is 3. The number of hydrogen-bond acceptors (Lipinski definition) is 6. The second kappa shape index (κ2) is 9.99. The maximum atomic E-state index is 13.3. The summed E-state index contributed by atoms with van der Waals surface area (Å²) >= 11 is 11.0. The van der Waals surface area contributed by atoms with E-state index in [9.17, 15) is 32.9 Å². The Balaban J connectivity index is 1.74. The van der Waals surface area contributed by atoms with Gasteiger partial charge in [0.15, 0.2) is 5.11 Å². The molecule has 0 atom stereocenters. The number of alkyl halides is 3. The van der Waals surface area contributed by atoms with Crippen molar-refractivity contribution in [3.8, 4) is 11.5 Å². The summed E-state index contributed by atoms with van der Waals surface area (Å²) in [4.78, 5) is 37.6. The van der Waals surface area contributed by atoms with Gasteiger partial charge in [0.05, 0.1) is 16.2 Å². The summed E-state index contributed by atoms with van der Waals surface area (Å²) in [7, 11) is 0. The standard InChI is InChI=1S/C24H13ClF3N3O5S/c25-15-3-5-16(6-4-15)30-22(33)19(21(32)29-23(30)37)12-13-11-17(31(34)35)7-10-20(13)36-18-8-1-14(2-9-18)24(26,27)28/h1-12H,(H,29,32,37). The number of hydrogen-bond donors (Lipinski definition) is 1. The van der Waals surface area contributed by atoms with Gasteiger partial charge < -0.3 is 4.74 Å². The van der Waals surface area contributed by atoms with Gasteiger partial charge in [0.2, 0.25) is 0 Å². The number of amides is 2. The molecule has 4 rings (SSSR count). The van der Waals surface area contributed by atoms with Gasteiger partial charge in [0.25, 0.3) is 17.5 Å². The molecule has 1 saturated heterocycles. The zero-order valence-electron chi connectivity index (χ0n) is 18.3. The zero-order valence-corrected chi connectivity index (χ0v) is 19.9. The lowest BCUT2D eigenvalue weighted by atomic mass is 10.1. The summed E-state index contributed by atoms with van der Waals surface area (Å²) < 4.78 is 44.2. The van der Waals surface area contributed by atoms with E-state index in [0.29, 0.717) is 10.7 Å². The first-order chi connectivity index (χ1) is 17.4. The van der Waals surface area contributed by atoms with Crippen LogP contribution in [0, 0.1) is 10.1 Å². The molecule has 2 amide bonds. The smallest absolute Gasteiger partial charge is 0.416 e. The van der Waals surface area contributed by atoms with Crippen LogP contribution in [0.2, 0.25) is 5.02 Å². The fourth-order valence-corrected chi connectivity index (χ4v) is 3.74. The SMILES string of the molecule is O=C1NC(=S)N(c2ccc(Cl)cc2)C(=O)C1=Cc1cc([N+](=O)[O-])ccc1Oc1ccc(C(F)(F)F)cc1. The van der Waals surface area contributed by atoms with Crippen LogP contribution in [0.25, 0.3) is 6.08 Å². The van der Waals surface area contributed by atoms with Crippen molar-refractivity contribution in [1.29, 1.82) is 0 Å². The molecule has 13 heteroatoms. The molecule has 1 heterocycles. The van der Waals surface area contributed by atoms with E-state index >= 15 is 0 Å². The third-order valence-corrected chi connectivity index (χ3v) is 5.64. The van der Waals surface area contributed by atoms with Crippen LogP contribution in [0.1, 0.15) is 11.1 Å². The number of carbonyl (C=O) groups excluding carboxylic acids is 2. The number of anilines is 1. The predicted octanol–water partition coefficient (Wildman–Crippen LogP) is 5.89. The molecule has 3 aromatic carbocycles. The predicted molar refractivity (Wildman–Crippen MR) is 132 cm³/mol. The van der Waals surface area contributed by atoms with Gasteiger partial charge in [-0.3, -0.25) is 29.9 Å². The summed E-state index contributed by atoms with van der Waals surface area (Å²) in [6.45, 7) is 0. The van der Waals surface area contributed by atoms with Crippen LogP contribution in [-0.4, -0.2) is 21.9 Å². The van der Waals surface area contributed by atoms with Crippen molar-refractivity contribution >= 4 is 58.2 Å². The van der Waals surface area contributed by atoms with Crippen molar-refractivity contribution in [1.82, 2.24) is 5.32 Å². The van der Waals surface area contributed by atoms with Crippen molar-refractivity contribution in [3.63, 3.8) is 0 Å². The number of nitro benzene ring substituents is 1. The fraction of sp³-hybridized carbons (Fsp3) is 0.0417. The van der Waals surface area contributed by atoms with E-state index in [4.69, 9.17) is 28.6 Å². The minimum absolute atomic E-state index is 0.00936. The van der Waals surface area contributed by atoms with Crippen LogP contribution in [0.5, 0.6) is 11.5 Å². The maximum absolute atomic E-state index is 13.3. The Hall–Kier alpha value is -4.29. The number of nitro groups is 1. The first-order valence-electron chi connectivity index (χ1n) is 10.2. The Kier molecular flexibility index (Phi) is 6.96. The Morgan fingerprint density at radius 2 is 1.68 bits per heavy atom. The maximum Gasteiger partial charge on any atom is 0.416 e. The molecule has 1 fully saturated rings. The molecule has 1 N–H and O–H groups in total. The van der Waals surface area contributed by atoms with E-state index in [1.54, 1.807) is 0 Å². The second-order valence-corrected chi connectivity index (χ2v) is 8.36. The van der Waals surface area contributed by atoms with Crippen LogP contribution in [0.4, 0.5) is 24.5 Å². The van der Waals surface area contributed by atoms with Gasteiger partial charge in [-0.15, -0.1) is 0 Å². The summed E-state index contributed by atoms with van der Waals surface area (Å²) in [6.07, 6.45) is -3.47. The lowest BCUT2D eigenvalue weighted by Crippen LogP contribution is -2.54. The highest BCUT2D eigenvalue weighted by Gasteiger charge is 2.35. The molecule has 37 heavy (non-hydrogen) atoms. The number of thiocarbonyl (C=S) groups is 1. The first-order valence-corrected chi connectivity index (χ1v) is 11.0. The summed E-state index contributed by atoms with van der Waals surface area (Å²) in [5.41, 5.74) is -1.42. The van der Waals surface area contributed by atoms with Gasteiger partial charge in [-0.05, 0) is 72.9 Å². The van der Waals surface area contributed by atoms with E-state index < -0.39 is 34.1 Å². The van der Waals surface area contributed by atoms with E-state index in [0.717, 1.165) is 47.4 Å². The van der Waals surface area contributed by atoms with Crippen molar-refractivity contribution in [2.24, 2.45) is 0 Å².